The van der Waals surface area contributed by atoms with E-state index in [9.17, 15) is 9.90 Å². The van der Waals surface area contributed by atoms with Gasteiger partial charge in [0.15, 0.2) is 0 Å². The fraction of sp³-hybridized carbons (Fsp3) is 0.588. The van der Waals surface area contributed by atoms with Gasteiger partial charge in [-0.2, -0.15) is 0 Å². The Labute approximate surface area is 120 Å². The van der Waals surface area contributed by atoms with Gasteiger partial charge in [0.1, 0.15) is 0 Å². The molecule has 0 radical (unpaired) electrons. The third-order valence-electron chi connectivity index (χ3n) is 4.70. The number of likely N-dealkylation sites (N-methyl/N-ethyl adjacent to an activating group) is 1. The van der Waals surface area contributed by atoms with Gasteiger partial charge < -0.3 is 10.0 Å². The quantitative estimate of drug-likeness (QED) is 0.894. The largest absolute Gasteiger partial charge is 0.391 e. The molecular formula is C17H23NO2. The highest BCUT2D eigenvalue weighted by Crippen LogP contribution is 2.49. The third-order valence-corrected chi connectivity index (χ3v) is 4.70. The standard InChI is InChI=1S/C17H23NO2/c1-11-5-3-4-6-13(11)14-9-15(14)17(20)18(2)10-16(19)12-7-8-12/h3-6,12,14-16,19H,7-10H2,1-2H3/t14-,15-,16+/m0/s1. The number of hydrogen-bond acceptors (Lipinski definition) is 2. The van der Waals surface area contributed by atoms with Crippen molar-refractivity contribution in [1.82, 2.24) is 4.90 Å². The molecule has 1 aromatic rings. The Balaban J connectivity index is 1.58. The molecule has 20 heavy (non-hydrogen) atoms. The van der Waals surface area contributed by atoms with Gasteiger partial charge in [0.05, 0.1) is 6.10 Å². The fourth-order valence-corrected chi connectivity index (χ4v) is 3.10. The molecule has 3 nitrogen and oxygen atoms in total. The minimum absolute atomic E-state index is 0.118. The average molecular weight is 273 g/mol. The van der Waals surface area contributed by atoms with E-state index < -0.39 is 0 Å². The molecule has 1 amide bonds. The summed E-state index contributed by atoms with van der Waals surface area (Å²) in [6.07, 6.45) is 2.84. The minimum atomic E-state index is -0.334. The average Bonchev–Trinajstić information content (AvgIpc) is 3.29. The monoisotopic (exact) mass is 273 g/mol. The van der Waals surface area contributed by atoms with Crippen LogP contribution in [0.15, 0.2) is 24.3 Å². The molecule has 2 aliphatic carbocycles. The molecule has 0 spiro atoms. The summed E-state index contributed by atoms with van der Waals surface area (Å²) in [5.41, 5.74) is 2.58. The second-order valence-electron chi connectivity index (χ2n) is 6.43. The van der Waals surface area contributed by atoms with Crippen LogP contribution in [-0.4, -0.2) is 35.6 Å². The molecule has 0 aliphatic heterocycles. The molecule has 3 rings (SSSR count). The molecule has 0 heterocycles. The highest BCUT2D eigenvalue weighted by Gasteiger charge is 2.46. The van der Waals surface area contributed by atoms with E-state index in [1.807, 2.05) is 19.2 Å². The predicted molar refractivity (Wildman–Crippen MR) is 78.4 cm³/mol. The summed E-state index contributed by atoms with van der Waals surface area (Å²) in [4.78, 5) is 14.1. The van der Waals surface area contributed by atoms with Crippen molar-refractivity contribution in [1.29, 1.82) is 0 Å². The number of rotatable bonds is 5. The number of aliphatic hydroxyl groups excluding tert-OH is 1. The third kappa shape index (κ3) is 2.73. The minimum Gasteiger partial charge on any atom is -0.391 e. The maximum absolute atomic E-state index is 12.4. The molecule has 0 saturated heterocycles. The fourth-order valence-electron chi connectivity index (χ4n) is 3.10. The van der Waals surface area contributed by atoms with Crippen molar-refractivity contribution in [3.05, 3.63) is 35.4 Å². The van der Waals surface area contributed by atoms with Gasteiger partial charge in [-0.3, -0.25) is 4.79 Å². The Kier molecular flexibility index (Phi) is 3.55. The molecule has 108 valence electrons. The van der Waals surface area contributed by atoms with Crippen LogP contribution >= 0.6 is 0 Å². The van der Waals surface area contributed by atoms with Crippen LogP contribution in [0, 0.1) is 18.8 Å². The van der Waals surface area contributed by atoms with Crippen molar-refractivity contribution in [2.24, 2.45) is 11.8 Å². The second kappa shape index (κ2) is 5.21. The van der Waals surface area contributed by atoms with Crippen LogP contribution in [0.4, 0.5) is 0 Å². The number of aliphatic hydroxyl groups is 1. The number of carbonyl (C=O) groups is 1. The van der Waals surface area contributed by atoms with Crippen molar-refractivity contribution in [3.63, 3.8) is 0 Å². The number of aryl methyl sites for hydroxylation is 1. The highest BCUT2D eigenvalue weighted by molar-refractivity contribution is 5.83. The first-order valence-electron chi connectivity index (χ1n) is 7.56. The zero-order chi connectivity index (χ0) is 14.3. The van der Waals surface area contributed by atoms with Crippen LogP contribution in [0.25, 0.3) is 0 Å². The number of benzene rings is 1. The first-order valence-corrected chi connectivity index (χ1v) is 7.56. The van der Waals surface area contributed by atoms with E-state index in [1.165, 1.54) is 11.1 Å². The Morgan fingerprint density at radius 1 is 1.40 bits per heavy atom. The van der Waals surface area contributed by atoms with Gasteiger partial charge in [-0.1, -0.05) is 24.3 Å². The van der Waals surface area contributed by atoms with E-state index in [0.717, 1.165) is 19.3 Å². The number of nitrogens with zero attached hydrogens (tertiary/aromatic N) is 1. The van der Waals surface area contributed by atoms with Gasteiger partial charge in [0.25, 0.3) is 0 Å². The topological polar surface area (TPSA) is 40.5 Å². The van der Waals surface area contributed by atoms with E-state index in [-0.39, 0.29) is 17.9 Å². The van der Waals surface area contributed by atoms with Gasteiger partial charge in [-0.15, -0.1) is 0 Å². The highest BCUT2D eigenvalue weighted by atomic mass is 16.3. The van der Waals surface area contributed by atoms with Crippen molar-refractivity contribution < 1.29 is 9.90 Å². The van der Waals surface area contributed by atoms with E-state index in [2.05, 4.69) is 19.1 Å². The molecule has 3 atom stereocenters. The van der Waals surface area contributed by atoms with Gasteiger partial charge in [0.2, 0.25) is 5.91 Å². The lowest BCUT2D eigenvalue weighted by Crippen LogP contribution is -2.36. The lowest BCUT2D eigenvalue weighted by atomic mass is 10.0. The van der Waals surface area contributed by atoms with Crippen LogP contribution in [0.2, 0.25) is 0 Å². The number of amides is 1. The van der Waals surface area contributed by atoms with Crippen LogP contribution in [0.3, 0.4) is 0 Å². The second-order valence-corrected chi connectivity index (χ2v) is 6.43. The van der Waals surface area contributed by atoms with E-state index >= 15 is 0 Å². The van der Waals surface area contributed by atoms with Gasteiger partial charge in [0, 0.05) is 19.5 Å². The van der Waals surface area contributed by atoms with Crippen LogP contribution in [-0.2, 0) is 4.79 Å². The van der Waals surface area contributed by atoms with E-state index in [1.54, 1.807) is 4.90 Å². The van der Waals surface area contributed by atoms with Crippen molar-refractivity contribution >= 4 is 5.91 Å². The summed E-state index contributed by atoms with van der Waals surface area (Å²) in [6, 6.07) is 8.32. The smallest absolute Gasteiger partial charge is 0.226 e. The van der Waals surface area contributed by atoms with Gasteiger partial charge in [-0.25, -0.2) is 0 Å². The summed E-state index contributed by atoms with van der Waals surface area (Å²) < 4.78 is 0. The SMILES string of the molecule is Cc1ccccc1[C@@H]1C[C@@H]1C(=O)N(C)C[C@@H](O)C1CC1. The van der Waals surface area contributed by atoms with E-state index in [4.69, 9.17) is 0 Å². The summed E-state index contributed by atoms with van der Waals surface area (Å²) in [5.74, 6) is 1.12. The number of hydrogen-bond donors (Lipinski definition) is 1. The molecule has 2 saturated carbocycles. The van der Waals surface area contributed by atoms with Crippen molar-refractivity contribution in [2.75, 3.05) is 13.6 Å². The summed E-state index contributed by atoms with van der Waals surface area (Å²) >= 11 is 0. The van der Waals surface area contributed by atoms with E-state index in [0.29, 0.717) is 18.4 Å². The maximum atomic E-state index is 12.4. The summed E-state index contributed by atoms with van der Waals surface area (Å²) in [7, 11) is 1.82. The molecule has 2 aliphatic rings. The molecule has 1 aromatic carbocycles. The Morgan fingerprint density at radius 2 is 2.10 bits per heavy atom. The Morgan fingerprint density at radius 3 is 2.75 bits per heavy atom. The van der Waals surface area contributed by atoms with Crippen LogP contribution < -0.4 is 0 Å². The lowest BCUT2D eigenvalue weighted by Gasteiger charge is -2.21. The number of carbonyl (C=O) groups excluding carboxylic acids is 1. The van der Waals surface area contributed by atoms with Gasteiger partial charge >= 0.3 is 0 Å². The van der Waals surface area contributed by atoms with Crippen LogP contribution in [0.1, 0.15) is 36.3 Å². The predicted octanol–water partition coefficient (Wildman–Crippen LogP) is 2.33. The molecule has 0 bridgehead atoms. The Hall–Kier alpha value is -1.35. The van der Waals surface area contributed by atoms with Crippen molar-refractivity contribution in [3.8, 4) is 0 Å². The molecular weight excluding hydrogens is 250 g/mol. The Bertz CT molecular complexity index is 509. The molecule has 2 fully saturated rings. The molecule has 3 heteroatoms. The zero-order valence-electron chi connectivity index (χ0n) is 12.2. The first-order chi connectivity index (χ1) is 9.58. The summed E-state index contributed by atoms with van der Waals surface area (Å²) in [5, 5.41) is 9.94. The maximum Gasteiger partial charge on any atom is 0.226 e. The first kappa shape index (κ1) is 13.6. The van der Waals surface area contributed by atoms with Gasteiger partial charge in [-0.05, 0) is 49.1 Å². The summed E-state index contributed by atoms with van der Waals surface area (Å²) in [6.45, 7) is 2.59. The lowest BCUT2D eigenvalue weighted by molar-refractivity contribution is -0.132. The normalized spacial score (nSPS) is 26.1. The molecule has 1 N–H and O–H groups in total. The molecule has 0 aromatic heterocycles. The van der Waals surface area contributed by atoms with Crippen molar-refractivity contribution in [2.45, 2.75) is 38.2 Å². The molecule has 0 unspecified atom stereocenters. The van der Waals surface area contributed by atoms with Crippen LogP contribution in [0.5, 0.6) is 0 Å². The zero-order valence-corrected chi connectivity index (χ0v) is 12.2.